The summed E-state index contributed by atoms with van der Waals surface area (Å²) >= 11 is 6.16. The molecule has 0 fully saturated rings. The Hall–Kier alpha value is -3.71. The summed E-state index contributed by atoms with van der Waals surface area (Å²) in [5.41, 5.74) is 5.22. The number of nitrogens with zero attached hydrogens (tertiary/aromatic N) is 4. The van der Waals surface area contributed by atoms with Gasteiger partial charge in [0.25, 0.3) is 0 Å². The van der Waals surface area contributed by atoms with Crippen LogP contribution in [-0.4, -0.2) is 24.7 Å². The van der Waals surface area contributed by atoms with Gasteiger partial charge in [0.1, 0.15) is 5.69 Å². The minimum absolute atomic E-state index is 0.298. The van der Waals surface area contributed by atoms with E-state index in [2.05, 4.69) is 19.6 Å². The van der Waals surface area contributed by atoms with Gasteiger partial charge in [0, 0.05) is 29.4 Å². The van der Waals surface area contributed by atoms with Crippen LogP contribution in [0.25, 0.3) is 28.3 Å². The first-order valence-electron chi connectivity index (χ1n) is 8.92. The second-order valence-corrected chi connectivity index (χ2v) is 6.94. The first-order valence-corrected chi connectivity index (χ1v) is 9.30. The summed E-state index contributed by atoms with van der Waals surface area (Å²) in [6, 6.07) is 19.4. The Balaban J connectivity index is 1.62. The summed E-state index contributed by atoms with van der Waals surface area (Å²) in [5, 5.41) is 9.08. The van der Waals surface area contributed by atoms with Crippen molar-refractivity contribution < 1.29 is 4.52 Å². The fourth-order valence-corrected chi connectivity index (χ4v) is 3.46. The van der Waals surface area contributed by atoms with Crippen LogP contribution in [0.4, 0.5) is 0 Å². The van der Waals surface area contributed by atoms with Crippen LogP contribution >= 0.6 is 11.6 Å². The Labute approximate surface area is 169 Å². The number of aromatic amines is 1. The lowest BCUT2D eigenvalue weighted by atomic mass is 10.0. The third kappa shape index (κ3) is 3.32. The number of halogens is 1. The molecule has 1 N–H and O–H groups in total. The molecule has 0 spiro atoms. The lowest BCUT2D eigenvalue weighted by Gasteiger charge is -2.05. The highest BCUT2D eigenvalue weighted by atomic mass is 35.5. The number of benzene rings is 1. The topological polar surface area (TPSA) is 89.1 Å². The van der Waals surface area contributed by atoms with Crippen molar-refractivity contribution in [1.29, 1.82) is 0 Å². The Bertz CT molecular complexity index is 1370. The second kappa shape index (κ2) is 7.03. The van der Waals surface area contributed by atoms with Gasteiger partial charge in [-0.05, 0) is 24.3 Å². The summed E-state index contributed by atoms with van der Waals surface area (Å²) < 4.78 is 6.37. The van der Waals surface area contributed by atoms with E-state index in [0.717, 1.165) is 28.0 Å². The third-order valence-electron chi connectivity index (χ3n) is 4.59. The lowest BCUT2D eigenvalue weighted by Crippen LogP contribution is -1.98. The van der Waals surface area contributed by atoms with Gasteiger partial charge in [-0.2, -0.15) is 5.10 Å². The molecule has 5 aromatic rings. The molecule has 0 radical (unpaired) electrons. The molecule has 0 unspecified atom stereocenters. The molecule has 0 atom stereocenters. The maximum absolute atomic E-state index is 11.2. The molecule has 142 valence electrons. The molecule has 1 aromatic carbocycles. The highest BCUT2D eigenvalue weighted by Gasteiger charge is 2.16. The van der Waals surface area contributed by atoms with E-state index in [-0.39, 0.29) is 0 Å². The molecule has 0 aliphatic carbocycles. The molecule has 0 aliphatic rings. The molecule has 0 saturated heterocycles. The molecule has 0 aliphatic heterocycles. The smallest absolute Gasteiger partial charge is 0.296 e. The van der Waals surface area contributed by atoms with E-state index in [0.29, 0.717) is 23.0 Å². The number of H-pyrrole nitrogens is 1. The van der Waals surface area contributed by atoms with Gasteiger partial charge in [-0.15, -0.1) is 0 Å². The SMILES string of the molecule is O=c1[nH]c(-c2cccc(Cc3c(-c4ccccc4)nn4cc(Cl)ccc34)n2)no1. The number of nitrogens with one attached hydrogen (secondary N) is 1. The second-order valence-electron chi connectivity index (χ2n) is 6.50. The van der Waals surface area contributed by atoms with E-state index in [4.69, 9.17) is 16.7 Å². The number of hydrogen-bond acceptors (Lipinski definition) is 5. The Morgan fingerprint density at radius 3 is 2.69 bits per heavy atom. The molecular formula is C21H14ClN5O2. The lowest BCUT2D eigenvalue weighted by molar-refractivity contribution is 0.387. The Morgan fingerprint density at radius 2 is 1.90 bits per heavy atom. The van der Waals surface area contributed by atoms with Gasteiger partial charge in [-0.1, -0.05) is 53.2 Å². The Morgan fingerprint density at radius 1 is 1.03 bits per heavy atom. The van der Waals surface area contributed by atoms with Gasteiger partial charge in [-0.3, -0.25) is 9.51 Å². The van der Waals surface area contributed by atoms with Gasteiger partial charge in [0.15, 0.2) is 0 Å². The molecule has 0 amide bonds. The van der Waals surface area contributed by atoms with Crippen LogP contribution in [0.3, 0.4) is 0 Å². The average Bonchev–Trinajstić information content (AvgIpc) is 3.32. The predicted octanol–water partition coefficient (Wildman–Crippen LogP) is 3.98. The fraction of sp³-hybridized carbons (Fsp3) is 0.0476. The molecule has 4 aromatic heterocycles. The predicted molar refractivity (Wildman–Crippen MR) is 109 cm³/mol. The van der Waals surface area contributed by atoms with E-state index < -0.39 is 5.76 Å². The van der Waals surface area contributed by atoms with Crippen LogP contribution in [0, 0.1) is 0 Å². The maximum atomic E-state index is 11.2. The van der Waals surface area contributed by atoms with E-state index in [9.17, 15) is 4.79 Å². The van der Waals surface area contributed by atoms with Crippen LogP contribution < -0.4 is 5.76 Å². The van der Waals surface area contributed by atoms with E-state index in [1.807, 2.05) is 54.6 Å². The molecule has 7 nitrogen and oxygen atoms in total. The molecule has 4 heterocycles. The monoisotopic (exact) mass is 403 g/mol. The van der Waals surface area contributed by atoms with E-state index in [1.54, 1.807) is 16.8 Å². The normalized spacial score (nSPS) is 11.2. The zero-order valence-electron chi connectivity index (χ0n) is 15.0. The first kappa shape index (κ1) is 17.4. The van der Waals surface area contributed by atoms with E-state index in [1.165, 1.54) is 0 Å². The quantitative estimate of drug-likeness (QED) is 0.490. The fourth-order valence-electron chi connectivity index (χ4n) is 3.31. The van der Waals surface area contributed by atoms with Crippen molar-refractivity contribution in [3.63, 3.8) is 0 Å². The summed E-state index contributed by atoms with van der Waals surface area (Å²) in [4.78, 5) is 18.4. The number of hydrogen-bond donors (Lipinski definition) is 1. The standard InChI is InChI=1S/C21H14ClN5O2/c22-14-9-10-18-16(19(25-27(18)12-14)13-5-2-1-3-6-13)11-15-7-4-8-17(23-15)20-24-21(28)29-26-20/h1-10,12H,11H2,(H,24,26,28). The van der Waals surface area contributed by atoms with Crippen LogP contribution in [0.2, 0.25) is 5.02 Å². The summed E-state index contributed by atoms with van der Waals surface area (Å²) in [7, 11) is 0. The molecule has 29 heavy (non-hydrogen) atoms. The van der Waals surface area contributed by atoms with Crippen molar-refractivity contribution >= 4 is 17.1 Å². The summed E-state index contributed by atoms with van der Waals surface area (Å²) in [6.45, 7) is 0. The molecule has 0 bridgehead atoms. The van der Waals surface area contributed by atoms with Crippen molar-refractivity contribution in [2.75, 3.05) is 0 Å². The Kier molecular flexibility index (Phi) is 4.22. The van der Waals surface area contributed by atoms with Crippen molar-refractivity contribution in [3.05, 3.63) is 93.7 Å². The van der Waals surface area contributed by atoms with Crippen LogP contribution in [-0.2, 0) is 6.42 Å². The average molecular weight is 404 g/mol. The van der Waals surface area contributed by atoms with Crippen molar-refractivity contribution in [2.24, 2.45) is 0 Å². The van der Waals surface area contributed by atoms with Crippen LogP contribution in [0.1, 0.15) is 11.3 Å². The first-order chi connectivity index (χ1) is 14.2. The summed E-state index contributed by atoms with van der Waals surface area (Å²) in [6.07, 6.45) is 2.34. The number of aromatic nitrogens is 5. The van der Waals surface area contributed by atoms with Crippen molar-refractivity contribution in [2.45, 2.75) is 6.42 Å². The van der Waals surface area contributed by atoms with Gasteiger partial charge in [0.2, 0.25) is 5.82 Å². The zero-order valence-corrected chi connectivity index (χ0v) is 15.8. The van der Waals surface area contributed by atoms with Crippen LogP contribution in [0.15, 0.2) is 76.2 Å². The summed E-state index contributed by atoms with van der Waals surface area (Å²) in [5.74, 6) is -0.315. The zero-order chi connectivity index (χ0) is 19.8. The maximum Gasteiger partial charge on any atom is 0.439 e. The van der Waals surface area contributed by atoms with Gasteiger partial charge < -0.3 is 0 Å². The molecule has 8 heteroatoms. The minimum atomic E-state index is -0.613. The minimum Gasteiger partial charge on any atom is -0.296 e. The van der Waals surface area contributed by atoms with Crippen molar-refractivity contribution in [3.8, 4) is 22.8 Å². The molecule has 0 saturated carbocycles. The largest absolute Gasteiger partial charge is 0.439 e. The third-order valence-corrected chi connectivity index (χ3v) is 4.81. The number of rotatable bonds is 4. The van der Waals surface area contributed by atoms with Gasteiger partial charge in [-0.25, -0.2) is 14.3 Å². The van der Waals surface area contributed by atoms with Crippen molar-refractivity contribution in [1.82, 2.24) is 24.7 Å². The highest BCUT2D eigenvalue weighted by molar-refractivity contribution is 6.30. The highest BCUT2D eigenvalue weighted by Crippen LogP contribution is 2.29. The van der Waals surface area contributed by atoms with Crippen LogP contribution in [0.5, 0.6) is 0 Å². The van der Waals surface area contributed by atoms with Gasteiger partial charge >= 0.3 is 5.76 Å². The number of pyridine rings is 2. The molecule has 5 rings (SSSR count). The van der Waals surface area contributed by atoms with Gasteiger partial charge in [0.05, 0.1) is 16.2 Å². The van der Waals surface area contributed by atoms with E-state index >= 15 is 0 Å². The molecular weight excluding hydrogens is 390 g/mol. The number of fused-ring (bicyclic) bond motifs is 1.